The maximum atomic E-state index is 12.5. The van der Waals surface area contributed by atoms with Crippen molar-refractivity contribution in [2.75, 3.05) is 29.6 Å². The third kappa shape index (κ3) is 10.2. The van der Waals surface area contributed by atoms with Crippen molar-refractivity contribution in [1.29, 1.82) is 0 Å². The number of fused-ring (bicyclic) bond motifs is 3. The van der Waals surface area contributed by atoms with E-state index >= 15 is 0 Å². The Balaban J connectivity index is 0.000000248. The van der Waals surface area contributed by atoms with Crippen LogP contribution in [0.2, 0.25) is 0 Å². The lowest BCUT2D eigenvalue weighted by Gasteiger charge is -2.40. The zero-order valence-corrected chi connectivity index (χ0v) is 38.0. The minimum atomic E-state index is -0.973. The molecule has 58 heavy (non-hydrogen) atoms. The van der Waals surface area contributed by atoms with Crippen LogP contribution in [-0.2, 0) is 4.74 Å². The van der Waals surface area contributed by atoms with Crippen molar-refractivity contribution < 1.29 is 28.9 Å². The van der Waals surface area contributed by atoms with E-state index in [9.17, 15) is 14.7 Å². The van der Waals surface area contributed by atoms with E-state index in [0.29, 0.717) is 59.7 Å². The summed E-state index contributed by atoms with van der Waals surface area (Å²) in [5.74, 6) is 2.90. The number of esters is 1. The van der Waals surface area contributed by atoms with Crippen LogP contribution in [0.3, 0.4) is 0 Å². The Morgan fingerprint density at radius 3 is 1.79 bits per heavy atom. The van der Waals surface area contributed by atoms with Gasteiger partial charge in [0.05, 0.1) is 13.2 Å². The summed E-state index contributed by atoms with van der Waals surface area (Å²) in [5.41, 5.74) is 0.509. The molecule has 1 N–H and O–H groups in total. The minimum absolute atomic E-state index is 0. The molecule has 3 aliphatic rings. The standard InChI is InChI=1S/C21H28N4O3.C21H30N4O3.2H2S/c1-13-11-21(5,6)25-17-14(19(26)28-18(13)25)7-8-15(22-17)24-10-9-16(23-24)27-12-20(2,3)4;1-14-11-21(5,6)24(12-14)18-15(19(26)27)7-8-16(22-18)25-10-9-17(23-25)28-13-20(2,3)4;;/h7-10,13,18H,11-12H2,1-6H3;7-10,14H,11-13H2,1-6H3,(H,26,27);2*1H2/t13-,18?;14-;;/m00../s1. The summed E-state index contributed by atoms with van der Waals surface area (Å²) in [4.78, 5) is 38.0. The topological polar surface area (TPSA) is 150 Å². The van der Waals surface area contributed by atoms with Gasteiger partial charge in [-0.15, -0.1) is 10.2 Å². The first kappa shape index (κ1) is 46.3. The Labute approximate surface area is 356 Å². The van der Waals surface area contributed by atoms with Crippen LogP contribution in [0.15, 0.2) is 48.8 Å². The number of carbonyl (C=O) groups is 2. The van der Waals surface area contributed by atoms with E-state index in [1.807, 2.05) is 12.3 Å². The minimum Gasteiger partial charge on any atom is -0.478 e. The third-order valence-electron chi connectivity index (χ3n) is 10.1. The lowest BCUT2D eigenvalue weighted by atomic mass is 9.97. The fourth-order valence-electron chi connectivity index (χ4n) is 7.75. The van der Waals surface area contributed by atoms with Crippen molar-refractivity contribution in [2.45, 2.75) is 113 Å². The molecule has 3 atom stereocenters. The average molecular weight is 839 g/mol. The molecule has 0 saturated carbocycles. The average Bonchev–Trinajstić information content (AvgIpc) is 3.87. The van der Waals surface area contributed by atoms with E-state index in [-0.39, 0.29) is 72.6 Å². The van der Waals surface area contributed by atoms with Gasteiger partial charge in [-0.3, -0.25) is 0 Å². The molecule has 0 amide bonds. The fraction of sp³-hybridized carbons (Fsp3) is 0.571. The van der Waals surface area contributed by atoms with E-state index in [4.69, 9.17) is 19.2 Å². The molecule has 4 aromatic heterocycles. The van der Waals surface area contributed by atoms with Crippen molar-refractivity contribution >= 4 is 50.6 Å². The number of aromatic carboxylic acids is 1. The number of anilines is 2. The predicted octanol–water partition coefficient (Wildman–Crippen LogP) is 8.05. The van der Waals surface area contributed by atoms with Crippen LogP contribution in [0.5, 0.6) is 11.8 Å². The van der Waals surface area contributed by atoms with Crippen LogP contribution in [0, 0.1) is 22.7 Å². The first-order chi connectivity index (χ1) is 26.0. The second kappa shape index (κ2) is 17.0. The van der Waals surface area contributed by atoms with E-state index in [1.165, 1.54) is 0 Å². The molecule has 14 nitrogen and oxygen atoms in total. The van der Waals surface area contributed by atoms with E-state index in [0.717, 1.165) is 19.4 Å². The summed E-state index contributed by atoms with van der Waals surface area (Å²) < 4.78 is 20.5. The molecule has 2 saturated heterocycles. The molecule has 318 valence electrons. The molecule has 0 aromatic carbocycles. The van der Waals surface area contributed by atoms with E-state index < -0.39 is 5.97 Å². The first-order valence-corrected chi connectivity index (χ1v) is 19.4. The van der Waals surface area contributed by atoms with Gasteiger partial charge < -0.3 is 29.1 Å². The maximum absolute atomic E-state index is 12.5. The predicted molar refractivity (Wildman–Crippen MR) is 235 cm³/mol. The lowest BCUT2D eigenvalue weighted by molar-refractivity contribution is 0.0185. The number of pyridine rings is 2. The van der Waals surface area contributed by atoms with Crippen molar-refractivity contribution in [2.24, 2.45) is 22.7 Å². The Morgan fingerprint density at radius 2 is 1.31 bits per heavy atom. The quantitative estimate of drug-likeness (QED) is 0.171. The molecule has 16 heteroatoms. The highest BCUT2D eigenvalue weighted by Gasteiger charge is 2.51. The van der Waals surface area contributed by atoms with Gasteiger partial charge in [-0.1, -0.05) is 55.4 Å². The van der Waals surface area contributed by atoms with Gasteiger partial charge in [0.2, 0.25) is 11.8 Å². The SMILES string of the molecule is C[C@@H]1CN(c2nc(-n3ccc(OCC(C)(C)C)n3)ccc2C(=O)O)C(C)(C)C1.C[C@H]1CC(C)(C)N2c3nc(-n4ccc(OCC(C)(C)C)n4)ccc3C(=O)OC12.S.S. The number of ether oxygens (including phenoxy) is 3. The summed E-state index contributed by atoms with van der Waals surface area (Å²) in [6, 6.07) is 10.5. The van der Waals surface area contributed by atoms with Crippen molar-refractivity contribution in [1.82, 2.24) is 29.5 Å². The van der Waals surface area contributed by atoms with E-state index in [1.54, 1.807) is 45.9 Å². The number of rotatable bonds is 8. The number of nitrogens with zero attached hydrogens (tertiary/aromatic N) is 8. The summed E-state index contributed by atoms with van der Waals surface area (Å²) in [6.07, 6.45) is 5.25. The maximum Gasteiger partial charge on any atom is 0.343 e. The summed E-state index contributed by atoms with van der Waals surface area (Å²) in [5, 5.41) is 18.6. The first-order valence-electron chi connectivity index (χ1n) is 19.4. The molecule has 0 aliphatic carbocycles. The smallest absolute Gasteiger partial charge is 0.343 e. The van der Waals surface area contributed by atoms with Gasteiger partial charge in [0.1, 0.15) is 22.8 Å². The second-order valence-electron chi connectivity index (χ2n) is 19.2. The van der Waals surface area contributed by atoms with Crippen LogP contribution in [-0.4, -0.2) is 83.6 Å². The second-order valence-corrected chi connectivity index (χ2v) is 19.2. The zero-order valence-electron chi connectivity index (χ0n) is 36.0. The van der Waals surface area contributed by atoms with Crippen LogP contribution in [0.25, 0.3) is 11.6 Å². The summed E-state index contributed by atoms with van der Waals surface area (Å²) >= 11 is 0. The van der Waals surface area contributed by atoms with Gasteiger partial charge in [-0.2, -0.15) is 27.0 Å². The van der Waals surface area contributed by atoms with Gasteiger partial charge in [0.15, 0.2) is 17.9 Å². The van der Waals surface area contributed by atoms with Gasteiger partial charge >= 0.3 is 11.9 Å². The zero-order chi connectivity index (χ0) is 41.0. The molecule has 4 aromatic rings. The monoisotopic (exact) mass is 838 g/mol. The highest BCUT2D eigenvalue weighted by atomic mass is 32.1. The molecule has 7 rings (SSSR count). The molecule has 7 heterocycles. The number of carboxylic acids is 1. The van der Waals surface area contributed by atoms with Crippen LogP contribution in [0.1, 0.15) is 117 Å². The number of hydrogen-bond donors (Lipinski definition) is 1. The van der Waals surface area contributed by atoms with Crippen molar-refractivity contribution in [3.8, 4) is 23.4 Å². The largest absolute Gasteiger partial charge is 0.478 e. The Kier molecular flexibility index (Phi) is 13.6. The number of hydrogen-bond acceptors (Lipinski definition) is 11. The number of carbonyl (C=O) groups excluding carboxylic acids is 1. The summed E-state index contributed by atoms with van der Waals surface area (Å²) in [7, 11) is 0. The normalized spacial score (nSPS) is 20.4. The van der Waals surface area contributed by atoms with Crippen LogP contribution >= 0.6 is 27.0 Å². The fourth-order valence-corrected chi connectivity index (χ4v) is 7.75. The van der Waals surface area contributed by atoms with Gasteiger partial charge in [0.25, 0.3) is 0 Å². The highest BCUT2D eigenvalue weighted by Crippen LogP contribution is 2.45. The Hall–Kier alpha value is -4.44. The molecular weight excluding hydrogens is 777 g/mol. The van der Waals surface area contributed by atoms with E-state index in [2.05, 4.69) is 108 Å². The number of aromatic nitrogens is 6. The molecule has 3 aliphatic heterocycles. The van der Waals surface area contributed by atoms with Crippen molar-refractivity contribution in [3.63, 3.8) is 0 Å². The molecule has 0 bridgehead atoms. The van der Waals surface area contributed by atoms with Crippen LogP contribution in [0.4, 0.5) is 11.6 Å². The third-order valence-corrected chi connectivity index (χ3v) is 10.1. The molecule has 2 fully saturated rings. The van der Waals surface area contributed by atoms with Gasteiger partial charge in [-0.05, 0) is 81.5 Å². The molecule has 1 unspecified atom stereocenters. The Morgan fingerprint density at radius 1 is 0.793 bits per heavy atom. The highest BCUT2D eigenvalue weighted by molar-refractivity contribution is 7.59. The van der Waals surface area contributed by atoms with Crippen molar-refractivity contribution in [3.05, 3.63) is 59.9 Å². The molecular formula is C42H62N8O6S2. The number of carboxylic acid groups (broad SMARTS) is 1. The lowest BCUT2D eigenvalue weighted by Crippen LogP contribution is -2.49. The summed E-state index contributed by atoms with van der Waals surface area (Å²) in [6.45, 7) is 27.4. The van der Waals surface area contributed by atoms with Gasteiger partial charge in [-0.25, -0.2) is 28.9 Å². The van der Waals surface area contributed by atoms with Gasteiger partial charge in [0, 0.05) is 48.1 Å². The Bertz CT molecular complexity index is 1990. The molecule has 0 spiro atoms. The molecule has 0 radical (unpaired) electrons. The van der Waals surface area contributed by atoms with Crippen LogP contribution < -0.4 is 19.3 Å².